The van der Waals surface area contributed by atoms with Crippen molar-refractivity contribution in [2.24, 2.45) is 0 Å². The molecule has 0 aliphatic heterocycles. The molecule has 0 saturated carbocycles. The first-order valence-electron chi connectivity index (χ1n) is 6.99. The fourth-order valence-corrected chi connectivity index (χ4v) is 3.40. The summed E-state index contributed by atoms with van der Waals surface area (Å²) in [5.41, 5.74) is 6.67. The maximum Gasteiger partial charge on any atom is 0.0358 e. The van der Waals surface area contributed by atoms with Crippen LogP contribution in [-0.4, -0.2) is 7.05 Å². The highest BCUT2D eigenvalue weighted by atomic mass is 79.9. The van der Waals surface area contributed by atoms with Crippen LogP contribution in [-0.2, 0) is 6.42 Å². The molecule has 0 amide bonds. The van der Waals surface area contributed by atoms with Crippen molar-refractivity contribution in [2.45, 2.75) is 33.2 Å². The van der Waals surface area contributed by atoms with E-state index in [4.69, 9.17) is 0 Å². The van der Waals surface area contributed by atoms with E-state index in [-0.39, 0.29) is 0 Å². The van der Waals surface area contributed by atoms with Crippen molar-refractivity contribution in [1.82, 2.24) is 5.32 Å². The Morgan fingerprint density at radius 1 is 0.900 bits per heavy atom. The molecular formula is C18H22BrN. The lowest BCUT2D eigenvalue weighted by Crippen LogP contribution is -2.19. The van der Waals surface area contributed by atoms with E-state index in [1.54, 1.807) is 0 Å². The molecule has 0 radical (unpaired) electrons. The summed E-state index contributed by atoms with van der Waals surface area (Å²) >= 11 is 3.59. The topological polar surface area (TPSA) is 12.0 Å². The number of hydrogen-bond acceptors (Lipinski definition) is 1. The molecule has 2 aromatic carbocycles. The molecule has 2 rings (SSSR count). The van der Waals surface area contributed by atoms with Gasteiger partial charge in [-0.15, -0.1) is 0 Å². The molecule has 1 unspecified atom stereocenters. The number of halogens is 1. The summed E-state index contributed by atoms with van der Waals surface area (Å²) in [6.07, 6.45) is 1.01. The molecule has 0 aromatic heterocycles. The van der Waals surface area contributed by atoms with Gasteiger partial charge in [0.05, 0.1) is 0 Å². The molecule has 2 aromatic rings. The van der Waals surface area contributed by atoms with Crippen LogP contribution in [0.5, 0.6) is 0 Å². The van der Waals surface area contributed by atoms with Gasteiger partial charge in [-0.25, -0.2) is 0 Å². The number of rotatable bonds is 4. The van der Waals surface area contributed by atoms with Gasteiger partial charge in [0.1, 0.15) is 0 Å². The van der Waals surface area contributed by atoms with E-state index in [2.05, 4.69) is 78.4 Å². The third kappa shape index (κ3) is 3.94. The Balaban J connectivity index is 2.28. The normalized spacial score (nSPS) is 12.4. The second-order valence-electron chi connectivity index (χ2n) is 5.60. The first-order valence-corrected chi connectivity index (χ1v) is 7.79. The Hall–Kier alpha value is -1.12. The van der Waals surface area contributed by atoms with Crippen LogP contribution in [0.3, 0.4) is 0 Å². The lowest BCUT2D eigenvalue weighted by molar-refractivity contribution is 0.591. The van der Waals surface area contributed by atoms with E-state index in [1.807, 2.05) is 7.05 Å². The summed E-state index contributed by atoms with van der Waals surface area (Å²) in [5, 5.41) is 3.44. The van der Waals surface area contributed by atoms with Gasteiger partial charge in [-0.1, -0.05) is 51.3 Å². The SMILES string of the molecule is CNC(Cc1cc(C)cc(C)c1)c1cc(C)cc(Br)c1. The Bertz CT molecular complexity index is 564. The number of benzene rings is 2. The zero-order valence-electron chi connectivity index (χ0n) is 12.6. The van der Waals surface area contributed by atoms with Crippen molar-refractivity contribution in [3.05, 3.63) is 68.7 Å². The monoisotopic (exact) mass is 331 g/mol. The maximum absolute atomic E-state index is 3.59. The number of aryl methyl sites for hydroxylation is 3. The Labute approximate surface area is 130 Å². The standard InChI is InChI=1S/C18H22BrN/c1-12-5-13(2)7-15(6-12)10-18(20-4)16-8-14(3)9-17(19)11-16/h5-9,11,18,20H,10H2,1-4H3. The van der Waals surface area contributed by atoms with Crippen LogP contribution in [0.4, 0.5) is 0 Å². The van der Waals surface area contributed by atoms with Crippen molar-refractivity contribution >= 4 is 15.9 Å². The second-order valence-corrected chi connectivity index (χ2v) is 6.52. The van der Waals surface area contributed by atoms with Crippen molar-refractivity contribution in [3.63, 3.8) is 0 Å². The first-order chi connectivity index (χ1) is 9.47. The van der Waals surface area contributed by atoms with Crippen molar-refractivity contribution in [1.29, 1.82) is 0 Å². The van der Waals surface area contributed by atoms with Crippen LogP contribution in [0.2, 0.25) is 0 Å². The van der Waals surface area contributed by atoms with Crippen LogP contribution >= 0.6 is 15.9 Å². The van der Waals surface area contributed by atoms with Crippen LogP contribution in [0.25, 0.3) is 0 Å². The fraction of sp³-hybridized carbons (Fsp3) is 0.333. The minimum Gasteiger partial charge on any atom is -0.313 e. The van der Waals surface area contributed by atoms with Gasteiger partial charge >= 0.3 is 0 Å². The molecule has 0 aliphatic carbocycles. The molecule has 1 atom stereocenters. The summed E-state index contributed by atoms with van der Waals surface area (Å²) in [4.78, 5) is 0. The molecular weight excluding hydrogens is 310 g/mol. The molecule has 0 saturated heterocycles. The molecule has 106 valence electrons. The molecule has 0 spiro atoms. The Morgan fingerprint density at radius 2 is 1.50 bits per heavy atom. The quantitative estimate of drug-likeness (QED) is 0.842. The van der Waals surface area contributed by atoms with Crippen molar-refractivity contribution in [2.75, 3.05) is 7.05 Å². The van der Waals surface area contributed by atoms with Gasteiger partial charge < -0.3 is 5.32 Å². The number of likely N-dealkylation sites (N-methyl/N-ethyl adjacent to an activating group) is 1. The molecule has 1 N–H and O–H groups in total. The second kappa shape index (κ2) is 6.55. The summed E-state index contributed by atoms with van der Waals surface area (Å²) in [7, 11) is 2.03. The van der Waals surface area contributed by atoms with Gasteiger partial charge in [-0.2, -0.15) is 0 Å². The highest BCUT2D eigenvalue weighted by Gasteiger charge is 2.11. The minimum absolute atomic E-state index is 0.340. The maximum atomic E-state index is 3.59. The van der Waals surface area contributed by atoms with Gasteiger partial charge in [0.2, 0.25) is 0 Å². The molecule has 0 bridgehead atoms. The van der Waals surface area contributed by atoms with E-state index in [0.717, 1.165) is 10.9 Å². The highest BCUT2D eigenvalue weighted by molar-refractivity contribution is 9.10. The van der Waals surface area contributed by atoms with E-state index >= 15 is 0 Å². The van der Waals surface area contributed by atoms with Crippen LogP contribution in [0.1, 0.15) is 33.9 Å². The van der Waals surface area contributed by atoms with Gasteiger partial charge in [0.25, 0.3) is 0 Å². The largest absolute Gasteiger partial charge is 0.313 e. The van der Waals surface area contributed by atoms with E-state index in [0.29, 0.717) is 6.04 Å². The lowest BCUT2D eigenvalue weighted by Gasteiger charge is -2.18. The van der Waals surface area contributed by atoms with Crippen LogP contribution in [0.15, 0.2) is 40.9 Å². The Morgan fingerprint density at radius 3 is 2.05 bits per heavy atom. The van der Waals surface area contributed by atoms with Gasteiger partial charge in [-0.3, -0.25) is 0 Å². The highest BCUT2D eigenvalue weighted by Crippen LogP contribution is 2.24. The summed E-state index contributed by atoms with van der Waals surface area (Å²) in [5.74, 6) is 0. The van der Waals surface area contributed by atoms with E-state index in [1.165, 1.54) is 27.8 Å². The molecule has 1 nitrogen and oxygen atoms in total. The molecule has 0 heterocycles. The van der Waals surface area contributed by atoms with Crippen LogP contribution < -0.4 is 5.32 Å². The van der Waals surface area contributed by atoms with E-state index < -0.39 is 0 Å². The van der Waals surface area contributed by atoms with Crippen LogP contribution in [0, 0.1) is 20.8 Å². The molecule has 0 fully saturated rings. The number of nitrogens with one attached hydrogen (secondary N) is 1. The molecule has 2 heteroatoms. The summed E-state index contributed by atoms with van der Waals surface area (Å²) in [6.45, 7) is 6.46. The zero-order chi connectivity index (χ0) is 14.7. The average Bonchev–Trinajstić information content (AvgIpc) is 2.33. The number of hydrogen-bond donors (Lipinski definition) is 1. The fourth-order valence-electron chi connectivity index (χ4n) is 2.77. The summed E-state index contributed by atoms with van der Waals surface area (Å²) in [6, 6.07) is 13.7. The van der Waals surface area contributed by atoms with Gasteiger partial charge in [0, 0.05) is 10.5 Å². The van der Waals surface area contributed by atoms with Gasteiger partial charge in [-0.05, 0) is 63.1 Å². The minimum atomic E-state index is 0.340. The average molecular weight is 332 g/mol. The van der Waals surface area contributed by atoms with E-state index in [9.17, 15) is 0 Å². The predicted octanol–water partition coefficient (Wildman–Crippen LogP) is 4.88. The smallest absolute Gasteiger partial charge is 0.0358 e. The molecule has 0 aliphatic rings. The van der Waals surface area contributed by atoms with Crippen molar-refractivity contribution < 1.29 is 0 Å². The third-order valence-corrected chi connectivity index (χ3v) is 3.99. The first kappa shape index (κ1) is 15.3. The third-order valence-electron chi connectivity index (χ3n) is 3.54. The molecule has 20 heavy (non-hydrogen) atoms. The predicted molar refractivity (Wildman–Crippen MR) is 90.3 cm³/mol. The zero-order valence-corrected chi connectivity index (χ0v) is 14.2. The lowest BCUT2D eigenvalue weighted by atomic mass is 9.96. The summed E-state index contributed by atoms with van der Waals surface area (Å²) < 4.78 is 1.15. The van der Waals surface area contributed by atoms with Gasteiger partial charge in [0.15, 0.2) is 0 Å². The Kier molecular flexibility index (Phi) is 5.00. The van der Waals surface area contributed by atoms with Crippen molar-refractivity contribution in [3.8, 4) is 0 Å².